The highest BCUT2D eigenvalue weighted by molar-refractivity contribution is 6.54. The van der Waals surface area contributed by atoms with Crippen LogP contribution in [0.25, 0.3) is 0 Å². The maximum atomic E-state index is 12.9. The molecule has 1 aliphatic rings. The van der Waals surface area contributed by atoms with Gasteiger partial charge in [-0.25, -0.2) is 4.68 Å². The number of amides is 1. The topological polar surface area (TPSA) is 81.8 Å². The van der Waals surface area contributed by atoms with Crippen molar-refractivity contribution < 1.29 is 14.4 Å². The van der Waals surface area contributed by atoms with E-state index in [1.807, 2.05) is 42.6 Å². The number of oxime groups is 1. The fraction of sp³-hybridized carbons (Fsp3) is 0.200. The molecule has 28 heavy (non-hydrogen) atoms. The van der Waals surface area contributed by atoms with E-state index in [-0.39, 0.29) is 18.2 Å². The van der Waals surface area contributed by atoms with Crippen LogP contribution < -0.4 is 9.64 Å². The summed E-state index contributed by atoms with van der Waals surface area (Å²) < 4.78 is 7.02. The first-order valence-corrected chi connectivity index (χ1v) is 8.74. The molecule has 0 fully saturated rings. The van der Waals surface area contributed by atoms with Gasteiger partial charge in [-0.1, -0.05) is 40.7 Å². The van der Waals surface area contributed by atoms with Crippen molar-refractivity contribution in [3.05, 3.63) is 71.5 Å². The van der Waals surface area contributed by atoms with Gasteiger partial charge in [0.25, 0.3) is 5.91 Å². The Labute approximate surface area is 162 Å². The van der Waals surface area contributed by atoms with E-state index >= 15 is 0 Å². The van der Waals surface area contributed by atoms with Crippen molar-refractivity contribution in [2.24, 2.45) is 5.16 Å². The van der Waals surface area contributed by atoms with Crippen molar-refractivity contribution in [1.82, 2.24) is 15.0 Å². The molecule has 2 heterocycles. The van der Waals surface area contributed by atoms with Gasteiger partial charge in [-0.05, 0) is 23.8 Å². The molecule has 3 aromatic rings. The van der Waals surface area contributed by atoms with E-state index in [0.717, 1.165) is 11.3 Å². The number of aromatic nitrogens is 3. The molecule has 0 aliphatic carbocycles. The van der Waals surface area contributed by atoms with E-state index in [1.165, 1.54) is 7.11 Å². The second-order valence-electron chi connectivity index (χ2n) is 6.29. The molecule has 2 aromatic carbocycles. The summed E-state index contributed by atoms with van der Waals surface area (Å²) in [6.07, 6.45) is 1.84. The molecule has 1 aliphatic heterocycles. The molecule has 8 heteroatoms. The molecule has 1 aromatic heterocycles. The van der Waals surface area contributed by atoms with Gasteiger partial charge in [0.1, 0.15) is 18.6 Å². The number of methoxy groups -OCH3 is 1. The molecule has 0 saturated carbocycles. The number of hydrogen-bond donors (Lipinski definition) is 0. The molecule has 0 saturated heterocycles. The third-order valence-electron chi connectivity index (χ3n) is 4.47. The third kappa shape index (κ3) is 3.32. The lowest BCUT2D eigenvalue weighted by Gasteiger charge is -2.15. The van der Waals surface area contributed by atoms with Crippen molar-refractivity contribution >= 4 is 17.3 Å². The molecule has 0 bridgehead atoms. The fourth-order valence-electron chi connectivity index (χ4n) is 3.18. The molecule has 0 unspecified atom stereocenters. The molecule has 8 nitrogen and oxygen atoms in total. The molecule has 0 atom stereocenters. The van der Waals surface area contributed by atoms with Gasteiger partial charge in [-0.15, -0.1) is 5.10 Å². The van der Waals surface area contributed by atoms with Gasteiger partial charge >= 0.3 is 0 Å². The van der Waals surface area contributed by atoms with E-state index in [2.05, 4.69) is 15.5 Å². The van der Waals surface area contributed by atoms with Crippen LogP contribution in [0.15, 0.2) is 59.9 Å². The van der Waals surface area contributed by atoms with E-state index < -0.39 is 0 Å². The number of rotatable bonds is 6. The first-order chi connectivity index (χ1) is 13.7. The highest BCUT2D eigenvalue weighted by Gasteiger charge is 2.35. The van der Waals surface area contributed by atoms with E-state index in [0.29, 0.717) is 23.6 Å². The second kappa shape index (κ2) is 7.51. The van der Waals surface area contributed by atoms with Gasteiger partial charge in [0.05, 0.1) is 32.1 Å². The maximum absolute atomic E-state index is 12.9. The predicted octanol–water partition coefficient (Wildman–Crippen LogP) is 2.23. The van der Waals surface area contributed by atoms with Crippen LogP contribution in [-0.4, -0.2) is 40.8 Å². The lowest BCUT2D eigenvalue weighted by Crippen LogP contribution is -2.29. The Bertz CT molecular complexity index is 1030. The number of hydrogen-bond acceptors (Lipinski definition) is 6. The molecule has 0 N–H and O–H groups in total. The summed E-state index contributed by atoms with van der Waals surface area (Å²) >= 11 is 0. The van der Waals surface area contributed by atoms with Crippen molar-refractivity contribution in [3.63, 3.8) is 0 Å². The average Bonchev–Trinajstić information content (AvgIpc) is 3.26. The number of benzene rings is 2. The second-order valence-corrected chi connectivity index (χ2v) is 6.29. The normalized spacial score (nSPS) is 14.4. The van der Waals surface area contributed by atoms with Crippen LogP contribution in [0.3, 0.4) is 0 Å². The number of fused-ring (bicyclic) bond motifs is 1. The smallest absolute Gasteiger partial charge is 0.281 e. The van der Waals surface area contributed by atoms with Crippen molar-refractivity contribution in [2.45, 2.75) is 13.1 Å². The van der Waals surface area contributed by atoms with Gasteiger partial charge in [-0.2, -0.15) is 0 Å². The lowest BCUT2D eigenvalue weighted by molar-refractivity contribution is -0.112. The molecule has 1 amide bonds. The summed E-state index contributed by atoms with van der Waals surface area (Å²) in [6.45, 7) is 0.904. The zero-order valence-electron chi connectivity index (χ0n) is 15.6. The zero-order valence-corrected chi connectivity index (χ0v) is 15.6. The van der Waals surface area contributed by atoms with Crippen molar-refractivity contribution in [2.75, 3.05) is 19.1 Å². The van der Waals surface area contributed by atoms with Gasteiger partial charge < -0.3 is 14.5 Å². The lowest BCUT2D eigenvalue weighted by atomic mass is 10.1. The maximum Gasteiger partial charge on any atom is 0.281 e. The average molecular weight is 377 g/mol. The standard InChI is InChI=1S/C20H19N5O3/c1-27-16-8-9-18-17(10-16)19(22-28-2)20(26)25(18)13-15-12-24(23-21-15)11-14-6-4-3-5-7-14/h3-10,12H,11,13H2,1-2H3. The summed E-state index contributed by atoms with van der Waals surface area (Å²) in [5.74, 6) is 0.397. The number of carbonyl (C=O) groups excluding carboxylic acids is 1. The Morgan fingerprint density at radius 2 is 1.89 bits per heavy atom. The van der Waals surface area contributed by atoms with Crippen molar-refractivity contribution in [1.29, 1.82) is 0 Å². The predicted molar refractivity (Wildman–Crippen MR) is 103 cm³/mol. The highest BCUT2D eigenvalue weighted by atomic mass is 16.6. The summed E-state index contributed by atoms with van der Waals surface area (Å²) in [7, 11) is 2.99. The Morgan fingerprint density at radius 3 is 2.64 bits per heavy atom. The number of ether oxygens (including phenoxy) is 1. The Hall–Kier alpha value is -3.68. The first kappa shape index (κ1) is 17.7. The highest BCUT2D eigenvalue weighted by Crippen LogP contribution is 2.33. The largest absolute Gasteiger partial charge is 0.497 e. The van der Waals surface area contributed by atoms with E-state index in [1.54, 1.807) is 28.8 Å². The van der Waals surface area contributed by atoms with E-state index in [4.69, 9.17) is 9.57 Å². The molecular weight excluding hydrogens is 358 g/mol. The molecule has 142 valence electrons. The van der Waals surface area contributed by atoms with Crippen LogP contribution in [0, 0.1) is 0 Å². The third-order valence-corrected chi connectivity index (χ3v) is 4.47. The number of nitrogens with zero attached hydrogens (tertiary/aromatic N) is 5. The minimum absolute atomic E-state index is 0.244. The van der Waals surface area contributed by atoms with Gasteiger partial charge in [-0.3, -0.25) is 4.79 Å². The fourth-order valence-corrected chi connectivity index (χ4v) is 3.18. The van der Waals surface area contributed by atoms with Gasteiger partial charge in [0, 0.05) is 5.56 Å². The summed E-state index contributed by atoms with van der Waals surface area (Å²) in [6, 6.07) is 15.4. The van der Waals surface area contributed by atoms with Crippen LogP contribution in [0.2, 0.25) is 0 Å². The number of carbonyl (C=O) groups is 1. The minimum atomic E-state index is -0.247. The summed E-state index contributed by atoms with van der Waals surface area (Å²) in [5, 5.41) is 12.3. The van der Waals surface area contributed by atoms with Gasteiger partial charge in [0.15, 0.2) is 5.71 Å². The quantitative estimate of drug-likeness (QED) is 0.615. The Morgan fingerprint density at radius 1 is 1.07 bits per heavy atom. The Kier molecular flexibility index (Phi) is 4.76. The molecule has 4 rings (SSSR count). The van der Waals surface area contributed by atoms with Crippen LogP contribution in [0.5, 0.6) is 5.75 Å². The SMILES string of the molecule is CON=C1C(=O)N(Cc2cn(Cc3ccccc3)nn2)c2ccc(OC)cc21. The molecule has 0 radical (unpaired) electrons. The van der Waals surface area contributed by atoms with Crippen LogP contribution in [0.1, 0.15) is 16.8 Å². The van der Waals surface area contributed by atoms with Gasteiger partial charge in [0.2, 0.25) is 0 Å². The monoisotopic (exact) mass is 377 g/mol. The molecular formula is C20H19N5O3. The van der Waals surface area contributed by atoms with Crippen molar-refractivity contribution in [3.8, 4) is 5.75 Å². The molecule has 0 spiro atoms. The summed E-state index contributed by atoms with van der Waals surface area (Å²) in [5.41, 5.74) is 3.46. The van der Waals surface area contributed by atoms with E-state index in [9.17, 15) is 4.79 Å². The minimum Gasteiger partial charge on any atom is -0.497 e. The zero-order chi connectivity index (χ0) is 19.5. The van der Waals surface area contributed by atoms with Crippen LogP contribution in [0.4, 0.5) is 5.69 Å². The first-order valence-electron chi connectivity index (χ1n) is 8.74. The van der Waals surface area contributed by atoms with Crippen LogP contribution in [-0.2, 0) is 22.7 Å². The van der Waals surface area contributed by atoms with Crippen LogP contribution >= 0.6 is 0 Å². The Balaban J connectivity index is 1.59. The summed E-state index contributed by atoms with van der Waals surface area (Å²) in [4.78, 5) is 19.4. The number of anilines is 1.